The molecule has 160 valence electrons. The summed E-state index contributed by atoms with van der Waals surface area (Å²) in [4.78, 5) is 31.8. The van der Waals surface area contributed by atoms with Gasteiger partial charge in [-0.15, -0.1) is 0 Å². The molecule has 2 bridgehead atoms. The maximum absolute atomic E-state index is 13.2. The van der Waals surface area contributed by atoms with Crippen LogP contribution in [-0.4, -0.2) is 69.8 Å². The normalized spacial score (nSPS) is 33.0. The molecule has 2 amide bonds. The molecule has 5 rings (SSSR count). The van der Waals surface area contributed by atoms with Crippen LogP contribution in [0.2, 0.25) is 0 Å². The van der Waals surface area contributed by atoms with Crippen molar-refractivity contribution in [3.05, 3.63) is 35.4 Å². The van der Waals surface area contributed by atoms with Crippen LogP contribution in [0.3, 0.4) is 0 Å². The molecular formula is C23H26N6O2. The largest absolute Gasteiger partial charge is 0.330 e. The van der Waals surface area contributed by atoms with Crippen molar-refractivity contribution >= 4 is 11.8 Å². The van der Waals surface area contributed by atoms with E-state index in [4.69, 9.17) is 11.0 Å². The number of fused-ring (bicyclic) bond motifs is 3. The van der Waals surface area contributed by atoms with Crippen LogP contribution < -0.4 is 5.73 Å². The lowest BCUT2D eigenvalue weighted by Crippen LogP contribution is -2.57. The number of amides is 2. The molecule has 1 aromatic rings. The second-order valence-electron chi connectivity index (χ2n) is 9.31. The van der Waals surface area contributed by atoms with Crippen molar-refractivity contribution in [3.8, 4) is 12.1 Å². The average Bonchev–Trinajstić information content (AvgIpc) is 3.11. The lowest BCUT2D eigenvalue weighted by atomic mass is 10.0. The molecule has 8 heteroatoms. The lowest BCUT2D eigenvalue weighted by Gasteiger charge is -2.38. The van der Waals surface area contributed by atoms with Gasteiger partial charge in [-0.3, -0.25) is 14.5 Å². The summed E-state index contributed by atoms with van der Waals surface area (Å²) in [7, 11) is 0. The zero-order valence-corrected chi connectivity index (χ0v) is 17.5. The van der Waals surface area contributed by atoms with Crippen molar-refractivity contribution in [3.63, 3.8) is 0 Å². The van der Waals surface area contributed by atoms with E-state index in [9.17, 15) is 14.9 Å². The Hall–Kier alpha value is -2.94. The molecule has 0 aromatic heterocycles. The Balaban J connectivity index is 1.24. The Bertz CT molecular complexity index is 1010. The number of rotatable bonds is 5. The first-order valence-corrected chi connectivity index (χ1v) is 11.0. The van der Waals surface area contributed by atoms with Gasteiger partial charge in [0.25, 0.3) is 0 Å². The van der Waals surface area contributed by atoms with E-state index in [0.717, 1.165) is 24.8 Å². The highest BCUT2D eigenvalue weighted by Crippen LogP contribution is 2.48. The monoisotopic (exact) mass is 418 g/mol. The highest BCUT2D eigenvalue weighted by atomic mass is 16.2. The van der Waals surface area contributed by atoms with E-state index in [1.165, 1.54) is 0 Å². The van der Waals surface area contributed by atoms with Crippen LogP contribution in [0.15, 0.2) is 24.3 Å². The molecule has 8 nitrogen and oxygen atoms in total. The molecule has 1 saturated carbocycles. The molecule has 6 unspecified atom stereocenters. The molecule has 0 spiro atoms. The first-order chi connectivity index (χ1) is 14.9. The molecule has 3 saturated heterocycles. The number of carbonyl (C=O) groups excluding carboxylic acids is 2. The summed E-state index contributed by atoms with van der Waals surface area (Å²) in [6.45, 7) is 3.02. The number of carbonyl (C=O) groups is 2. The minimum Gasteiger partial charge on any atom is -0.330 e. The number of likely N-dealkylation sites (tertiary alicyclic amines) is 3. The van der Waals surface area contributed by atoms with Crippen molar-refractivity contribution in [1.29, 1.82) is 10.5 Å². The van der Waals surface area contributed by atoms with Crippen LogP contribution in [-0.2, 0) is 9.59 Å². The van der Waals surface area contributed by atoms with Crippen molar-refractivity contribution in [2.45, 2.75) is 62.4 Å². The first kappa shape index (κ1) is 20.0. The molecular weight excluding hydrogens is 392 g/mol. The van der Waals surface area contributed by atoms with E-state index in [0.29, 0.717) is 24.6 Å². The van der Waals surface area contributed by atoms with Gasteiger partial charge in [-0.2, -0.15) is 10.5 Å². The van der Waals surface area contributed by atoms with Crippen LogP contribution in [0.1, 0.15) is 43.4 Å². The van der Waals surface area contributed by atoms with Crippen LogP contribution in [0.4, 0.5) is 0 Å². The van der Waals surface area contributed by atoms with Gasteiger partial charge in [-0.05, 0) is 49.8 Å². The highest BCUT2D eigenvalue weighted by molar-refractivity contribution is 5.87. The van der Waals surface area contributed by atoms with E-state index in [2.05, 4.69) is 12.1 Å². The fourth-order valence-corrected chi connectivity index (χ4v) is 5.84. The van der Waals surface area contributed by atoms with E-state index in [1.807, 2.05) is 34.9 Å². The standard InChI is InChI=1S/C23H26N6O2/c1-13(15-4-2-3-14(5-15)9-24)28-18-8-21(23(28)31)27(11-18)12-19(26)22(30)29-17(10-25)6-16-7-20(16)29/h2-5,13,16-21H,6-8,11-12,26H2,1H3/t13?,16?,17?,18-,19?,20?,21?/m0/s1. The van der Waals surface area contributed by atoms with Crippen LogP contribution in [0, 0.1) is 28.6 Å². The summed E-state index contributed by atoms with van der Waals surface area (Å²) in [5.74, 6) is 0.356. The van der Waals surface area contributed by atoms with Crippen molar-refractivity contribution in [2.75, 3.05) is 13.1 Å². The topological polar surface area (TPSA) is 117 Å². The number of benzene rings is 1. The van der Waals surface area contributed by atoms with Gasteiger partial charge in [0.05, 0.1) is 35.8 Å². The van der Waals surface area contributed by atoms with Crippen LogP contribution in [0.25, 0.3) is 0 Å². The Morgan fingerprint density at radius 1 is 1.29 bits per heavy atom. The second-order valence-corrected chi connectivity index (χ2v) is 9.31. The molecule has 1 aliphatic carbocycles. The quantitative estimate of drug-likeness (QED) is 0.754. The Morgan fingerprint density at radius 2 is 2.10 bits per heavy atom. The fourth-order valence-electron chi connectivity index (χ4n) is 5.84. The maximum atomic E-state index is 13.2. The lowest BCUT2D eigenvalue weighted by molar-refractivity contribution is -0.141. The number of hydrogen-bond donors (Lipinski definition) is 1. The fraction of sp³-hybridized carbons (Fsp3) is 0.565. The smallest absolute Gasteiger partial charge is 0.242 e. The minimum absolute atomic E-state index is 0.0593. The number of piperidine rings is 1. The molecule has 1 aromatic carbocycles. The van der Waals surface area contributed by atoms with Gasteiger partial charge in [0, 0.05) is 25.2 Å². The van der Waals surface area contributed by atoms with E-state index >= 15 is 0 Å². The Morgan fingerprint density at radius 3 is 2.81 bits per heavy atom. The van der Waals surface area contributed by atoms with E-state index in [-0.39, 0.29) is 42.0 Å². The summed E-state index contributed by atoms with van der Waals surface area (Å²) in [6, 6.07) is 10.6. The number of nitriles is 2. The maximum Gasteiger partial charge on any atom is 0.242 e. The van der Waals surface area contributed by atoms with Crippen molar-refractivity contribution in [1.82, 2.24) is 14.7 Å². The first-order valence-electron chi connectivity index (χ1n) is 11.0. The van der Waals surface area contributed by atoms with Gasteiger partial charge in [0.2, 0.25) is 11.8 Å². The third kappa shape index (κ3) is 3.18. The SMILES string of the molecule is CC(c1cccc(C#N)c1)N1C(=O)C2C[C@H]1CN2CC(N)C(=O)N1C(C#N)CC2CC21. The molecule has 2 N–H and O–H groups in total. The molecule has 0 radical (unpaired) electrons. The molecule has 4 fully saturated rings. The molecule has 3 heterocycles. The summed E-state index contributed by atoms with van der Waals surface area (Å²) < 4.78 is 0. The molecule has 3 aliphatic heterocycles. The van der Waals surface area contributed by atoms with Gasteiger partial charge in [-0.25, -0.2) is 0 Å². The number of nitrogens with zero attached hydrogens (tertiary/aromatic N) is 5. The van der Waals surface area contributed by atoms with Crippen LogP contribution >= 0.6 is 0 Å². The number of hydrogen-bond acceptors (Lipinski definition) is 6. The molecule has 7 atom stereocenters. The van der Waals surface area contributed by atoms with Gasteiger partial charge >= 0.3 is 0 Å². The summed E-state index contributed by atoms with van der Waals surface area (Å²) in [5.41, 5.74) is 7.81. The molecule has 31 heavy (non-hydrogen) atoms. The second kappa shape index (κ2) is 7.33. The van der Waals surface area contributed by atoms with Gasteiger partial charge in [0.15, 0.2) is 0 Å². The van der Waals surface area contributed by atoms with E-state index < -0.39 is 6.04 Å². The zero-order chi connectivity index (χ0) is 21.9. The van der Waals surface area contributed by atoms with Gasteiger partial charge in [-0.1, -0.05) is 12.1 Å². The third-order valence-corrected chi connectivity index (χ3v) is 7.49. The molecule has 4 aliphatic rings. The number of nitrogens with two attached hydrogens (primary N) is 1. The predicted octanol–water partition coefficient (Wildman–Crippen LogP) is 0.745. The summed E-state index contributed by atoms with van der Waals surface area (Å²) in [5, 5.41) is 18.5. The zero-order valence-electron chi connectivity index (χ0n) is 17.5. The highest BCUT2D eigenvalue weighted by Gasteiger charge is 2.56. The minimum atomic E-state index is -0.722. The van der Waals surface area contributed by atoms with Crippen LogP contribution in [0.5, 0.6) is 0 Å². The Kier molecular flexibility index (Phi) is 4.73. The van der Waals surface area contributed by atoms with Gasteiger partial charge in [0.1, 0.15) is 6.04 Å². The predicted molar refractivity (Wildman–Crippen MR) is 111 cm³/mol. The summed E-state index contributed by atoms with van der Waals surface area (Å²) >= 11 is 0. The Labute approximate surface area is 181 Å². The summed E-state index contributed by atoms with van der Waals surface area (Å²) in [6.07, 6.45) is 2.47. The average molecular weight is 419 g/mol. The van der Waals surface area contributed by atoms with Crippen molar-refractivity contribution < 1.29 is 9.59 Å². The third-order valence-electron chi connectivity index (χ3n) is 7.49. The van der Waals surface area contributed by atoms with Crippen molar-refractivity contribution in [2.24, 2.45) is 11.7 Å². The number of piperazine rings is 1. The van der Waals surface area contributed by atoms with Gasteiger partial charge < -0.3 is 15.5 Å². The van der Waals surface area contributed by atoms with E-state index in [1.54, 1.807) is 11.0 Å².